The first-order valence-corrected chi connectivity index (χ1v) is 12.1. The fourth-order valence-corrected chi connectivity index (χ4v) is 3.74. The summed E-state index contributed by atoms with van der Waals surface area (Å²) in [6.45, 7) is 4.66. The monoisotopic (exact) mass is 532 g/mol. The number of amides is 8. The summed E-state index contributed by atoms with van der Waals surface area (Å²) in [6, 6.07) is 0. The Hall–Kier alpha value is -4.36. The lowest BCUT2D eigenvalue weighted by Gasteiger charge is -2.20. The van der Waals surface area contributed by atoms with Crippen LogP contribution in [0.3, 0.4) is 0 Å². The lowest BCUT2D eigenvalue weighted by Crippen LogP contribution is -2.48. The van der Waals surface area contributed by atoms with E-state index in [1.54, 1.807) is 20.8 Å². The normalized spacial score (nSPS) is 16.9. The van der Waals surface area contributed by atoms with E-state index in [0.29, 0.717) is 0 Å². The van der Waals surface area contributed by atoms with Crippen LogP contribution in [0.25, 0.3) is 0 Å². The smallest absolute Gasteiger partial charge is 0.253 e. The van der Waals surface area contributed by atoms with Crippen LogP contribution in [0.2, 0.25) is 0 Å². The molecule has 0 aromatic heterocycles. The van der Waals surface area contributed by atoms with Crippen molar-refractivity contribution in [1.82, 2.24) is 31.1 Å². The number of nitrogens with zero attached hydrogens (tertiary/aromatic N) is 2. The van der Waals surface area contributed by atoms with Gasteiger partial charge < -0.3 is 21.3 Å². The van der Waals surface area contributed by atoms with Crippen molar-refractivity contribution in [2.24, 2.45) is 5.92 Å². The molecule has 2 atom stereocenters. The first-order valence-electron chi connectivity index (χ1n) is 12.1. The van der Waals surface area contributed by atoms with Gasteiger partial charge >= 0.3 is 0 Å². The highest BCUT2D eigenvalue weighted by molar-refractivity contribution is 6.13. The highest BCUT2D eigenvalue weighted by Crippen LogP contribution is 2.08. The van der Waals surface area contributed by atoms with Crippen LogP contribution >= 0.6 is 0 Å². The third kappa shape index (κ3) is 9.59. The molecule has 0 fully saturated rings. The number of carbonyl (C=O) groups excluding carboxylic acids is 8. The molecule has 2 rings (SSSR count). The Morgan fingerprint density at radius 1 is 0.579 bits per heavy atom. The molecular formula is C24H32N6O8. The van der Waals surface area contributed by atoms with Crippen LogP contribution in [0.1, 0.15) is 46.5 Å². The number of rotatable bonds is 14. The molecule has 2 aliphatic rings. The quantitative estimate of drug-likeness (QED) is 0.149. The summed E-state index contributed by atoms with van der Waals surface area (Å²) >= 11 is 0. The highest BCUT2D eigenvalue weighted by atomic mass is 16.2. The molecule has 2 aliphatic heterocycles. The topological polar surface area (TPSA) is 191 Å². The van der Waals surface area contributed by atoms with E-state index < -0.39 is 59.6 Å². The van der Waals surface area contributed by atoms with Crippen LogP contribution in [-0.2, 0) is 38.4 Å². The van der Waals surface area contributed by atoms with Gasteiger partial charge in [-0.1, -0.05) is 6.92 Å². The second-order valence-electron chi connectivity index (χ2n) is 9.05. The molecule has 0 saturated heterocycles. The zero-order chi connectivity index (χ0) is 28.4. The predicted octanol–water partition coefficient (Wildman–Crippen LogP) is -1.81. The largest absolute Gasteiger partial charge is 0.336 e. The van der Waals surface area contributed by atoms with Crippen molar-refractivity contribution in [3.8, 4) is 0 Å². The molecule has 0 aliphatic carbocycles. The second-order valence-corrected chi connectivity index (χ2v) is 9.05. The van der Waals surface area contributed by atoms with Crippen molar-refractivity contribution in [3.63, 3.8) is 0 Å². The lowest BCUT2D eigenvalue weighted by atomic mass is 10.0. The molecule has 38 heavy (non-hydrogen) atoms. The number of imide groups is 2. The Kier molecular flexibility index (Phi) is 10.9. The molecule has 0 aromatic rings. The van der Waals surface area contributed by atoms with Crippen LogP contribution in [0.4, 0.5) is 0 Å². The van der Waals surface area contributed by atoms with Gasteiger partial charge in [0.2, 0.25) is 23.6 Å². The van der Waals surface area contributed by atoms with Crippen molar-refractivity contribution in [1.29, 1.82) is 0 Å². The van der Waals surface area contributed by atoms with Crippen molar-refractivity contribution in [3.05, 3.63) is 24.3 Å². The average molecular weight is 533 g/mol. The average Bonchev–Trinajstić information content (AvgIpc) is 3.29. The summed E-state index contributed by atoms with van der Waals surface area (Å²) < 4.78 is 0. The van der Waals surface area contributed by atoms with Gasteiger partial charge in [0.15, 0.2) is 0 Å². The van der Waals surface area contributed by atoms with Gasteiger partial charge in [0.25, 0.3) is 23.6 Å². The minimum Gasteiger partial charge on any atom is -0.336 e. The SMILES string of the molecule is CC(CC(=O)NC(C)NC(=O)CCN1C(=O)C=CC1=O)CC(=O)NC(C)NC(=O)CCN1C(=O)C=CC1=O. The number of hydrogen-bond donors (Lipinski definition) is 4. The van der Waals surface area contributed by atoms with E-state index in [2.05, 4.69) is 21.3 Å². The summed E-state index contributed by atoms with van der Waals surface area (Å²) in [5.74, 6) is -3.97. The predicted molar refractivity (Wildman–Crippen MR) is 131 cm³/mol. The van der Waals surface area contributed by atoms with Gasteiger partial charge in [-0.2, -0.15) is 0 Å². The van der Waals surface area contributed by atoms with Gasteiger partial charge in [0, 0.05) is 63.1 Å². The van der Waals surface area contributed by atoms with Crippen molar-refractivity contribution >= 4 is 47.3 Å². The van der Waals surface area contributed by atoms with Crippen molar-refractivity contribution < 1.29 is 38.4 Å². The van der Waals surface area contributed by atoms with Gasteiger partial charge in [-0.15, -0.1) is 0 Å². The zero-order valence-electron chi connectivity index (χ0n) is 21.4. The zero-order valence-corrected chi connectivity index (χ0v) is 21.4. The van der Waals surface area contributed by atoms with E-state index in [4.69, 9.17) is 0 Å². The molecule has 0 radical (unpaired) electrons. The highest BCUT2D eigenvalue weighted by Gasteiger charge is 2.25. The van der Waals surface area contributed by atoms with Crippen molar-refractivity contribution in [2.75, 3.05) is 13.1 Å². The van der Waals surface area contributed by atoms with Gasteiger partial charge in [0.1, 0.15) is 0 Å². The first-order chi connectivity index (χ1) is 17.8. The molecule has 0 bridgehead atoms. The van der Waals surface area contributed by atoms with E-state index in [9.17, 15) is 38.4 Å². The molecule has 2 heterocycles. The third-order valence-electron chi connectivity index (χ3n) is 5.50. The van der Waals surface area contributed by atoms with Gasteiger partial charge in [-0.3, -0.25) is 48.2 Å². The number of carbonyl (C=O) groups is 8. The van der Waals surface area contributed by atoms with Crippen LogP contribution in [0, 0.1) is 5.92 Å². The van der Waals surface area contributed by atoms with Gasteiger partial charge in [-0.05, 0) is 19.8 Å². The first kappa shape index (κ1) is 29.9. The molecule has 0 saturated carbocycles. The van der Waals surface area contributed by atoms with Crippen LogP contribution in [-0.4, -0.2) is 82.5 Å². The molecule has 8 amide bonds. The summed E-state index contributed by atoms with van der Waals surface area (Å²) in [6.07, 6.45) is 2.87. The Bertz CT molecular complexity index is 950. The number of nitrogens with one attached hydrogen (secondary N) is 4. The Morgan fingerprint density at radius 2 is 0.868 bits per heavy atom. The van der Waals surface area contributed by atoms with E-state index >= 15 is 0 Å². The summed E-state index contributed by atoms with van der Waals surface area (Å²) in [5, 5.41) is 10.3. The number of hydrogen-bond acceptors (Lipinski definition) is 8. The van der Waals surface area contributed by atoms with Crippen LogP contribution < -0.4 is 21.3 Å². The molecule has 2 unspecified atom stereocenters. The minimum absolute atomic E-state index is 0.00273. The third-order valence-corrected chi connectivity index (χ3v) is 5.50. The maximum atomic E-state index is 12.3. The molecule has 14 heteroatoms. The Morgan fingerprint density at radius 3 is 1.18 bits per heavy atom. The summed E-state index contributed by atoms with van der Waals surface area (Å²) in [4.78, 5) is 96.5. The van der Waals surface area contributed by atoms with Crippen molar-refractivity contribution in [2.45, 2.75) is 58.8 Å². The van der Waals surface area contributed by atoms with E-state index in [-0.39, 0.29) is 44.7 Å². The Balaban J connectivity index is 1.61. The van der Waals surface area contributed by atoms with E-state index in [1.807, 2.05) is 0 Å². The molecular weight excluding hydrogens is 500 g/mol. The summed E-state index contributed by atoms with van der Waals surface area (Å²) in [5.41, 5.74) is 0. The standard InChI is InChI=1S/C24H32N6O8/c1-14(12-19(33)27-15(2)25-17(31)8-10-29-21(35)4-5-22(29)36)13-20(34)28-16(3)26-18(32)9-11-30-23(37)6-7-24(30)38/h4-7,14-16H,8-13H2,1-3H3,(H,25,31)(H,26,32)(H,27,33)(H,28,34). The molecule has 0 spiro atoms. The fraction of sp³-hybridized carbons (Fsp3) is 0.500. The Labute approximate surface area is 219 Å². The lowest BCUT2D eigenvalue weighted by molar-refractivity contribution is -0.139. The maximum Gasteiger partial charge on any atom is 0.253 e. The van der Waals surface area contributed by atoms with Crippen LogP contribution in [0.15, 0.2) is 24.3 Å². The van der Waals surface area contributed by atoms with Gasteiger partial charge in [0.05, 0.1) is 12.3 Å². The molecule has 4 N–H and O–H groups in total. The minimum atomic E-state index is -0.712. The van der Waals surface area contributed by atoms with Crippen LogP contribution in [0.5, 0.6) is 0 Å². The van der Waals surface area contributed by atoms with E-state index in [0.717, 1.165) is 34.1 Å². The second kappa shape index (κ2) is 13.8. The molecule has 206 valence electrons. The van der Waals surface area contributed by atoms with Gasteiger partial charge in [-0.25, -0.2) is 0 Å². The maximum absolute atomic E-state index is 12.3. The molecule has 14 nitrogen and oxygen atoms in total. The molecule has 0 aromatic carbocycles. The summed E-state index contributed by atoms with van der Waals surface area (Å²) in [7, 11) is 0. The fourth-order valence-electron chi connectivity index (χ4n) is 3.74. The van der Waals surface area contributed by atoms with E-state index in [1.165, 1.54) is 0 Å².